The minimum absolute atomic E-state index is 0.169. The van der Waals surface area contributed by atoms with E-state index >= 15 is 0 Å². The molecule has 34 heavy (non-hydrogen) atoms. The number of methoxy groups -OCH3 is 1. The largest absolute Gasteiger partial charge is 0.493 e. The molecule has 1 heterocycles. The molecule has 0 aliphatic carbocycles. The van der Waals surface area contributed by atoms with Crippen molar-refractivity contribution in [2.24, 2.45) is 0 Å². The predicted molar refractivity (Wildman–Crippen MR) is 139 cm³/mol. The molecule has 0 bridgehead atoms. The zero-order chi connectivity index (χ0) is 24.2. The smallest absolute Gasteiger partial charge is 0.293 e. The number of rotatable bonds is 7. The zero-order valence-corrected chi connectivity index (χ0v) is 21.8. The summed E-state index contributed by atoms with van der Waals surface area (Å²) >= 11 is 16.5. The van der Waals surface area contributed by atoms with Crippen LogP contribution in [0.15, 0.2) is 70.0 Å². The Hall–Kier alpha value is -2.45. The van der Waals surface area contributed by atoms with E-state index in [1.54, 1.807) is 42.5 Å². The first-order valence-electron chi connectivity index (χ1n) is 10.1. The van der Waals surface area contributed by atoms with Crippen molar-refractivity contribution >= 4 is 68.1 Å². The molecule has 0 radical (unpaired) electrons. The summed E-state index contributed by atoms with van der Waals surface area (Å²) in [7, 11) is 1.54. The van der Waals surface area contributed by atoms with Gasteiger partial charge in [-0.1, -0.05) is 69.5 Å². The summed E-state index contributed by atoms with van der Waals surface area (Å²) in [6, 6.07) is 18.0. The molecule has 174 valence electrons. The number of imide groups is 1. The molecule has 0 spiro atoms. The van der Waals surface area contributed by atoms with Crippen LogP contribution in [0.4, 0.5) is 4.79 Å². The number of amides is 2. The lowest BCUT2D eigenvalue weighted by atomic mass is 10.1. The molecule has 1 aliphatic rings. The number of thioether (sulfide) groups is 1. The number of hydrogen-bond acceptors (Lipinski definition) is 5. The molecule has 0 aromatic heterocycles. The molecule has 4 rings (SSSR count). The first-order valence-corrected chi connectivity index (χ1v) is 12.5. The molecule has 3 aromatic rings. The number of hydrogen-bond donors (Lipinski definition) is 0. The van der Waals surface area contributed by atoms with E-state index in [2.05, 4.69) is 15.9 Å². The van der Waals surface area contributed by atoms with Gasteiger partial charge in [0.25, 0.3) is 11.1 Å². The SMILES string of the molecule is COc1cccc(/C=C2\SC(=O)N(Cc3ccc(Br)cc3)C2=O)c1OCc1ccc(Cl)cc1Cl. The lowest BCUT2D eigenvalue weighted by Crippen LogP contribution is -2.27. The maximum Gasteiger partial charge on any atom is 0.293 e. The molecule has 2 amide bonds. The van der Waals surface area contributed by atoms with Crippen LogP contribution in [0.3, 0.4) is 0 Å². The third-order valence-electron chi connectivity index (χ3n) is 5.03. The van der Waals surface area contributed by atoms with Gasteiger partial charge in [0.1, 0.15) is 6.61 Å². The fourth-order valence-electron chi connectivity index (χ4n) is 3.30. The van der Waals surface area contributed by atoms with Crippen LogP contribution in [0.5, 0.6) is 11.5 Å². The highest BCUT2D eigenvalue weighted by Crippen LogP contribution is 2.38. The summed E-state index contributed by atoms with van der Waals surface area (Å²) in [5, 5.41) is 0.695. The lowest BCUT2D eigenvalue weighted by molar-refractivity contribution is -0.123. The van der Waals surface area contributed by atoms with Crippen molar-refractivity contribution in [3.05, 3.63) is 96.8 Å². The summed E-state index contributed by atoms with van der Waals surface area (Å²) in [6.07, 6.45) is 1.65. The number of para-hydroxylation sites is 1. The van der Waals surface area contributed by atoms with Gasteiger partial charge in [0.05, 0.1) is 18.6 Å². The normalized spacial score (nSPS) is 14.7. The average molecular weight is 579 g/mol. The van der Waals surface area contributed by atoms with Gasteiger partial charge in [-0.15, -0.1) is 0 Å². The third kappa shape index (κ3) is 5.61. The Morgan fingerprint density at radius 3 is 2.53 bits per heavy atom. The summed E-state index contributed by atoms with van der Waals surface area (Å²) in [6.45, 7) is 0.369. The second-order valence-corrected chi connectivity index (χ2v) is 10.0. The van der Waals surface area contributed by atoms with Gasteiger partial charge in [-0.25, -0.2) is 0 Å². The number of halogens is 3. The van der Waals surface area contributed by atoms with Crippen molar-refractivity contribution in [2.75, 3.05) is 7.11 Å². The monoisotopic (exact) mass is 577 g/mol. The van der Waals surface area contributed by atoms with Crippen LogP contribution in [0.2, 0.25) is 10.0 Å². The van der Waals surface area contributed by atoms with E-state index in [1.165, 1.54) is 12.0 Å². The Bertz CT molecular complexity index is 1280. The third-order valence-corrected chi connectivity index (χ3v) is 7.05. The van der Waals surface area contributed by atoms with Crippen LogP contribution in [-0.4, -0.2) is 23.2 Å². The highest BCUT2D eigenvalue weighted by Gasteiger charge is 2.35. The van der Waals surface area contributed by atoms with Gasteiger partial charge in [0.2, 0.25) is 0 Å². The molecule has 1 aliphatic heterocycles. The first kappa shape index (κ1) is 24.7. The Morgan fingerprint density at radius 2 is 1.82 bits per heavy atom. The van der Waals surface area contributed by atoms with Gasteiger partial charge in [-0.05, 0) is 53.7 Å². The maximum atomic E-state index is 13.0. The Morgan fingerprint density at radius 1 is 1.06 bits per heavy atom. The van der Waals surface area contributed by atoms with Crippen LogP contribution in [0.1, 0.15) is 16.7 Å². The quantitative estimate of drug-likeness (QED) is 0.270. The van der Waals surface area contributed by atoms with Crippen LogP contribution in [0.25, 0.3) is 6.08 Å². The van der Waals surface area contributed by atoms with Crippen molar-refractivity contribution in [2.45, 2.75) is 13.2 Å². The number of benzene rings is 3. The van der Waals surface area contributed by atoms with E-state index in [-0.39, 0.29) is 24.3 Å². The first-order chi connectivity index (χ1) is 16.4. The van der Waals surface area contributed by atoms with Crippen molar-refractivity contribution < 1.29 is 19.1 Å². The van der Waals surface area contributed by atoms with E-state index in [0.717, 1.165) is 27.4 Å². The van der Waals surface area contributed by atoms with E-state index in [1.807, 2.05) is 24.3 Å². The second-order valence-electron chi connectivity index (χ2n) is 7.30. The minimum Gasteiger partial charge on any atom is -0.493 e. The van der Waals surface area contributed by atoms with Gasteiger partial charge >= 0.3 is 0 Å². The summed E-state index contributed by atoms with van der Waals surface area (Å²) in [4.78, 5) is 27.1. The van der Waals surface area contributed by atoms with Gasteiger partial charge in [-0.3, -0.25) is 14.5 Å². The van der Waals surface area contributed by atoms with Gasteiger partial charge < -0.3 is 9.47 Å². The van der Waals surface area contributed by atoms with Crippen LogP contribution in [-0.2, 0) is 17.9 Å². The summed E-state index contributed by atoms with van der Waals surface area (Å²) in [5.41, 5.74) is 2.22. The number of nitrogens with zero attached hydrogens (tertiary/aromatic N) is 1. The fraction of sp³-hybridized carbons (Fsp3) is 0.120. The maximum absolute atomic E-state index is 13.0. The van der Waals surface area contributed by atoms with Crippen molar-refractivity contribution in [3.8, 4) is 11.5 Å². The molecule has 0 unspecified atom stereocenters. The minimum atomic E-state index is -0.354. The van der Waals surface area contributed by atoms with Gasteiger partial charge in [-0.2, -0.15) is 0 Å². The van der Waals surface area contributed by atoms with Crippen molar-refractivity contribution in [1.82, 2.24) is 4.90 Å². The van der Waals surface area contributed by atoms with Gasteiger partial charge in [0.15, 0.2) is 11.5 Å². The summed E-state index contributed by atoms with van der Waals surface area (Å²) in [5.74, 6) is 0.580. The predicted octanol–water partition coefficient (Wildman–Crippen LogP) is 7.58. The molecule has 1 fully saturated rings. The van der Waals surface area contributed by atoms with E-state index in [0.29, 0.717) is 32.0 Å². The van der Waals surface area contributed by atoms with E-state index in [9.17, 15) is 9.59 Å². The Kier molecular flexibility index (Phi) is 7.88. The zero-order valence-electron chi connectivity index (χ0n) is 17.9. The molecule has 9 heteroatoms. The Balaban J connectivity index is 1.59. The molecule has 0 saturated carbocycles. The molecular formula is C25H18BrCl2NO4S. The van der Waals surface area contributed by atoms with Gasteiger partial charge in [0, 0.05) is 25.6 Å². The summed E-state index contributed by atoms with van der Waals surface area (Å²) < 4.78 is 12.4. The van der Waals surface area contributed by atoms with Crippen LogP contribution in [0, 0.1) is 0 Å². The molecule has 3 aromatic carbocycles. The lowest BCUT2D eigenvalue weighted by Gasteiger charge is -2.15. The van der Waals surface area contributed by atoms with Crippen molar-refractivity contribution in [1.29, 1.82) is 0 Å². The average Bonchev–Trinajstić information content (AvgIpc) is 3.07. The Labute approximate surface area is 219 Å². The molecule has 0 atom stereocenters. The molecule has 5 nitrogen and oxygen atoms in total. The fourth-order valence-corrected chi connectivity index (χ4v) is 4.86. The topological polar surface area (TPSA) is 55.8 Å². The highest BCUT2D eigenvalue weighted by molar-refractivity contribution is 9.10. The van der Waals surface area contributed by atoms with E-state index in [4.69, 9.17) is 32.7 Å². The molecule has 1 saturated heterocycles. The number of ether oxygens (including phenoxy) is 2. The number of carbonyl (C=O) groups excluding carboxylic acids is 2. The van der Waals surface area contributed by atoms with Crippen LogP contribution >= 0.6 is 50.9 Å². The number of carbonyl (C=O) groups is 2. The molecular weight excluding hydrogens is 561 g/mol. The van der Waals surface area contributed by atoms with E-state index < -0.39 is 0 Å². The molecule has 0 N–H and O–H groups in total. The standard InChI is InChI=1S/C25H18BrCl2NO4S/c1-32-21-4-2-3-16(23(21)33-14-17-7-10-19(27)12-20(17)28)11-22-24(30)29(25(31)34-22)13-15-5-8-18(26)9-6-15/h2-12H,13-14H2,1H3/b22-11-. The second kappa shape index (κ2) is 10.9. The highest BCUT2D eigenvalue weighted by atomic mass is 79.9. The van der Waals surface area contributed by atoms with Crippen molar-refractivity contribution in [3.63, 3.8) is 0 Å². The van der Waals surface area contributed by atoms with Crippen LogP contribution < -0.4 is 9.47 Å².